The monoisotopic (exact) mass is 395 g/mol. The van der Waals surface area contributed by atoms with E-state index in [9.17, 15) is 0 Å². The lowest BCUT2D eigenvalue weighted by atomic mass is 10.2. The minimum absolute atomic E-state index is 0.652. The Balaban J connectivity index is 2.19. The number of ether oxygens (including phenoxy) is 2. The highest BCUT2D eigenvalue weighted by Gasteiger charge is 2.12. The van der Waals surface area contributed by atoms with Gasteiger partial charge in [-0.15, -0.1) is 0 Å². The maximum atomic E-state index is 6.04. The quantitative estimate of drug-likeness (QED) is 0.527. The van der Waals surface area contributed by atoms with Crippen molar-refractivity contribution >= 4 is 39.3 Å². The number of imidazole rings is 1. The number of nitrogens with zero attached hydrogens (tertiary/aromatic N) is 1. The molecule has 0 unspecified atom stereocenters. The number of benzene rings is 2. The van der Waals surface area contributed by atoms with E-state index in [-0.39, 0.29) is 0 Å². The first-order valence-electron chi connectivity index (χ1n) is 6.29. The van der Waals surface area contributed by atoms with E-state index < -0.39 is 0 Å². The van der Waals surface area contributed by atoms with Crippen molar-refractivity contribution in [2.45, 2.75) is 0 Å². The number of nitrogens with two attached hydrogens (primary N) is 1. The molecule has 0 saturated heterocycles. The lowest BCUT2D eigenvalue weighted by molar-refractivity contribution is 0.356. The summed E-state index contributed by atoms with van der Waals surface area (Å²) in [5, 5.41) is 0. The molecular weight excluding hydrogens is 381 g/mol. The Bertz CT molecular complexity index is 773. The molecule has 0 atom stereocenters. The van der Waals surface area contributed by atoms with Gasteiger partial charge in [0.1, 0.15) is 5.82 Å². The molecule has 0 radical (unpaired) electrons. The van der Waals surface area contributed by atoms with Crippen molar-refractivity contribution in [1.29, 1.82) is 0 Å². The van der Waals surface area contributed by atoms with Crippen molar-refractivity contribution in [3.8, 4) is 22.9 Å². The zero-order chi connectivity index (χ0) is 15.0. The zero-order valence-corrected chi connectivity index (χ0v) is 13.8. The van der Waals surface area contributed by atoms with Gasteiger partial charge < -0.3 is 20.2 Å². The van der Waals surface area contributed by atoms with Crippen molar-refractivity contribution in [2.24, 2.45) is 0 Å². The second-order valence-corrected chi connectivity index (χ2v) is 5.79. The largest absolute Gasteiger partial charge is 0.493 e. The predicted molar refractivity (Wildman–Crippen MR) is 91.8 cm³/mol. The van der Waals surface area contributed by atoms with Gasteiger partial charge in [-0.05, 0) is 40.8 Å². The first-order valence-corrected chi connectivity index (χ1v) is 7.37. The number of anilines is 1. The van der Waals surface area contributed by atoms with Gasteiger partial charge in [0.15, 0.2) is 11.5 Å². The van der Waals surface area contributed by atoms with Crippen molar-refractivity contribution in [3.05, 3.63) is 33.9 Å². The summed E-state index contributed by atoms with van der Waals surface area (Å²) in [4.78, 5) is 7.87. The van der Waals surface area contributed by atoms with Gasteiger partial charge in [-0.2, -0.15) is 0 Å². The summed E-state index contributed by atoms with van der Waals surface area (Å²) < 4.78 is 11.7. The average Bonchev–Trinajstić information content (AvgIpc) is 2.90. The number of aromatic nitrogens is 2. The Labute approximate surface area is 135 Å². The van der Waals surface area contributed by atoms with E-state index in [1.165, 1.54) is 0 Å². The SMILES string of the molecule is COc1cc2nc(-c3cc(I)ccc3N)[nH]c2cc1OC. The third kappa shape index (κ3) is 2.51. The summed E-state index contributed by atoms with van der Waals surface area (Å²) >= 11 is 2.25. The van der Waals surface area contributed by atoms with Crippen LogP contribution in [0.1, 0.15) is 0 Å². The summed E-state index contributed by atoms with van der Waals surface area (Å²) in [5.74, 6) is 2.05. The van der Waals surface area contributed by atoms with Crippen LogP contribution >= 0.6 is 22.6 Å². The van der Waals surface area contributed by atoms with Crippen LogP contribution in [0.4, 0.5) is 5.69 Å². The molecule has 3 rings (SSSR count). The molecule has 0 fully saturated rings. The number of hydrogen-bond donors (Lipinski definition) is 2. The standard InChI is InChI=1S/C15H14IN3O2/c1-20-13-6-11-12(7-14(13)21-2)19-15(18-11)9-5-8(16)3-4-10(9)17/h3-7H,17H2,1-2H3,(H,18,19). The van der Waals surface area contributed by atoms with Gasteiger partial charge >= 0.3 is 0 Å². The van der Waals surface area contributed by atoms with E-state index in [2.05, 4.69) is 32.6 Å². The molecule has 3 N–H and O–H groups in total. The Morgan fingerprint density at radius 2 is 1.81 bits per heavy atom. The maximum absolute atomic E-state index is 6.04. The molecule has 3 aromatic rings. The fourth-order valence-corrected chi connectivity index (χ4v) is 2.69. The van der Waals surface area contributed by atoms with Crippen molar-refractivity contribution in [2.75, 3.05) is 20.0 Å². The molecule has 1 heterocycles. The van der Waals surface area contributed by atoms with Gasteiger partial charge in [0.05, 0.1) is 25.3 Å². The van der Waals surface area contributed by atoms with E-state index in [0.717, 1.165) is 26.0 Å². The summed E-state index contributed by atoms with van der Waals surface area (Å²) in [7, 11) is 3.22. The predicted octanol–water partition coefficient (Wildman–Crippen LogP) is 3.43. The van der Waals surface area contributed by atoms with Crippen LogP contribution in [0.15, 0.2) is 30.3 Å². The Morgan fingerprint density at radius 3 is 2.52 bits per heavy atom. The number of H-pyrrole nitrogens is 1. The normalized spacial score (nSPS) is 10.8. The van der Waals surface area contributed by atoms with Crippen LogP contribution in [-0.4, -0.2) is 24.2 Å². The number of aromatic amines is 1. The van der Waals surface area contributed by atoms with Gasteiger partial charge in [-0.25, -0.2) is 4.98 Å². The van der Waals surface area contributed by atoms with Gasteiger partial charge in [-0.3, -0.25) is 0 Å². The van der Waals surface area contributed by atoms with E-state index in [0.29, 0.717) is 17.2 Å². The molecule has 0 bridgehead atoms. The second-order valence-electron chi connectivity index (χ2n) is 4.54. The van der Waals surface area contributed by atoms with E-state index in [1.807, 2.05) is 30.3 Å². The molecule has 1 aromatic heterocycles. The van der Waals surface area contributed by atoms with Crippen molar-refractivity contribution in [1.82, 2.24) is 9.97 Å². The summed E-state index contributed by atoms with van der Waals surface area (Å²) in [6.45, 7) is 0. The van der Waals surface area contributed by atoms with Crippen molar-refractivity contribution < 1.29 is 9.47 Å². The topological polar surface area (TPSA) is 73.2 Å². The van der Waals surface area contributed by atoms with Crippen LogP contribution in [0, 0.1) is 3.57 Å². The zero-order valence-electron chi connectivity index (χ0n) is 11.6. The Morgan fingerprint density at radius 1 is 1.10 bits per heavy atom. The number of nitrogen functional groups attached to an aromatic ring is 1. The van der Waals surface area contributed by atoms with Gasteiger partial charge in [0.25, 0.3) is 0 Å². The molecule has 21 heavy (non-hydrogen) atoms. The highest BCUT2D eigenvalue weighted by Crippen LogP contribution is 2.33. The fraction of sp³-hybridized carbons (Fsp3) is 0.133. The minimum atomic E-state index is 0.652. The molecule has 0 saturated carbocycles. The van der Waals surface area contributed by atoms with E-state index >= 15 is 0 Å². The first-order chi connectivity index (χ1) is 10.1. The molecule has 6 heteroatoms. The number of nitrogens with one attached hydrogen (secondary N) is 1. The first kappa shape index (κ1) is 14.0. The molecule has 0 aliphatic carbocycles. The van der Waals surface area contributed by atoms with Gasteiger partial charge in [0, 0.05) is 27.0 Å². The van der Waals surface area contributed by atoms with Gasteiger partial charge in [0.2, 0.25) is 0 Å². The van der Waals surface area contributed by atoms with Crippen LogP contribution < -0.4 is 15.2 Å². The number of halogens is 1. The Kier molecular flexibility index (Phi) is 3.62. The second kappa shape index (κ2) is 5.44. The molecule has 0 spiro atoms. The minimum Gasteiger partial charge on any atom is -0.493 e. The number of methoxy groups -OCH3 is 2. The number of rotatable bonds is 3. The van der Waals surface area contributed by atoms with Crippen molar-refractivity contribution in [3.63, 3.8) is 0 Å². The molecule has 108 valence electrons. The Hall–Kier alpha value is -1.96. The maximum Gasteiger partial charge on any atom is 0.163 e. The lowest BCUT2D eigenvalue weighted by Crippen LogP contribution is -1.91. The highest BCUT2D eigenvalue weighted by molar-refractivity contribution is 14.1. The third-order valence-corrected chi connectivity index (χ3v) is 3.93. The van der Waals surface area contributed by atoms with E-state index in [4.69, 9.17) is 15.2 Å². The summed E-state index contributed by atoms with van der Waals surface area (Å²) in [6.07, 6.45) is 0. The molecular formula is C15H14IN3O2. The number of hydrogen-bond acceptors (Lipinski definition) is 4. The fourth-order valence-electron chi connectivity index (χ4n) is 2.20. The molecule has 5 nitrogen and oxygen atoms in total. The van der Waals surface area contributed by atoms with Crippen LogP contribution in [0.25, 0.3) is 22.4 Å². The molecule has 0 amide bonds. The van der Waals surface area contributed by atoms with Crippen LogP contribution in [0.3, 0.4) is 0 Å². The molecule has 0 aliphatic heterocycles. The lowest BCUT2D eigenvalue weighted by Gasteiger charge is -2.06. The van der Waals surface area contributed by atoms with Crippen LogP contribution in [-0.2, 0) is 0 Å². The molecule has 0 aliphatic rings. The molecule has 2 aromatic carbocycles. The number of fused-ring (bicyclic) bond motifs is 1. The van der Waals surface area contributed by atoms with Crippen LogP contribution in [0.5, 0.6) is 11.5 Å². The summed E-state index contributed by atoms with van der Waals surface area (Å²) in [5.41, 5.74) is 9.30. The van der Waals surface area contributed by atoms with Crippen LogP contribution in [0.2, 0.25) is 0 Å². The van der Waals surface area contributed by atoms with E-state index in [1.54, 1.807) is 14.2 Å². The highest BCUT2D eigenvalue weighted by atomic mass is 127. The summed E-state index contributed by atoms with van der Waals surface area (Å²) in [6, 6.07) is 9.56. The van der Waals surface area contributed by atoms with Gasteiger partial charge in [-0.1, -0.05) is 0 Å². The average molecular weight is 395 g/mol. The third-order valence-electron chi connectivity index (χ3n) is 3.26. The smallest absolute Gasteiger partial charge is 0.163 e.